The van der Waals surface area contributed by atoms with Crippen LogP contribution in [0.25, 0.3) is 11.6 Å². The van der Waals surface area contributed by atoms with Crippen LogP contribution < -0.4 is 0 Å². The lowest BCUT2D eigenvalue weighted by atomic mass is 9.43. The van der Waals surface area contributed by atoms with E-state index in [1.165, 1.54) is 56.1 Å². The fraction of sp³-hybridized carbons (Fsp3) is 0.412. The molecule has 0 saturated heterocycles. The Morgan fingerprint density at radius 1 is 0.706 bits per heavy atom. The molecule has 0 bridgehead atoms. The van der Waals surface area contributed by atoms with Gasteiger partial charge in [-0.05, 0) is 125 Å². The summed E-state index contributed by atoms with van der Waals surface area (Å²) in [6, 6.07) is 9.14. The van der Waals surface area contributed by atoms with Crippen molar-refractivity contribution in [1.29, 1.82) is 0 Å². The maximum absolute atomic E-state index is 2.61. The molecule has 0 heterocycles. The molecule has 0 radical (unpaired) electrons. The van der Waals surface area contributed by atoms with Crippen LogP contribution in [0.4, 0.5) is 0 Å². The normalized spacial score (nSPS) is 39.9. The maximum atomic E-state index is 2.61. The zero-order chi connectivity index (χ0) is 22.0. The standard InChI is InChI=1S/C34H32/c1-3-7-23-19(5-1)17-21-9-11-27-28-12-10-22-18-20-6-2-4-8-24(20)26-14-16-30(34(28)32(22)26)29-15-13-25(23)31(21)33(27)29/h1-3,5-7,13-17,22,27-28,31-34H,4,8-12,18H2. The summed E-state index contributed by atoms with van der Waals surface area (Å²) in [4.78, 5) is 0. The van der Waals surface area contributed by atoms with Crippen LogP contribution >= 0.6 is 0 Å². The minimum atomic E-state index is 0.628. The molecule has 1 aromatic rings. The Bertz CT molecular complexity index is 1360. The fourth-order valence-electron chi connectivity index (χ4n) is 10.0. The van der Waals surface area contributed by atoms with Crippen molar-refractivity contribution < 1.29 is 0 Å². The van der Waals surface area contributed by atoms with E-state index in [-0.39, 0.29) is 0 Å². The van der Waals surface area contributed by atoms with Gasteiger partial charge in [-0.3, -0.25) is 0 Å². The van der Waals surface area contributed by atoms with Crippen molar-refractivity contribution in [2.45, 2.75) is 44.9 Å². The van der Waals surface area contributed by atoms with E-state index in [1.54, 1.807) is 39.0 Å². The zero-order valence-corrected chi connectivity index (χ0v) is 19.8. The van der Waals surface area contributed by atoms with Gasteiger partial charge in [-0.25, -0.2) is 0 Å². The topological polar surface area (TPSA) is 0 Å². The van der Waals surface area contributed by atoms with Gasteiger partial charge in [-0.15, -0.1) is 0 Å². The Morgan fingerprint density at radius 3 is 2.50 bits per heavy atom. The van der Waals surface area contributed by atoms with Gasteiger partial charge in [-0.1, -0.05) is 72.4 Å². The lowest BCUT2D eigenvalue weighted by Gasteiger charge is -2.60. The number of benzene rings is 1. The van der Waals surface area contributed by atoms with Gasteiger partial charge >= 0.3 is 0 Å². The third-order valence-corrected chi connectivity index (χ3v) is 11.1. The highest BCUT2D eigenvalue weighted by molar-refractivity contribution is 5.86. The molecule has 8 aliphatic rings. The van der Waals surface area contributed by atoms with E-state index in [4.69, 9.17) is 0 Å². The summed E-state index contributed by atoms with van der Waals surface area (Å²) in [5, 5.41) is 0. The van der Waals surface area contributed by atoms with Crippen molar-refractivity contribution in [1.82, 2.24) is 0 Å². The van der Waals surface area contributed by atoms with Gasteiger partial charge in [0.1, 0.15) is 0 Å². The Hall–Kier alpha value is -2.60. The molecule has 1 aromatic carbocycles. The van der Waals surface area contributed by atoms with E-state index >= 15 is 0 Å². The number of rotatable bonds is 0. The van der Waals surface area contributed by atoms with Gasteiger partial charge in [0, 0.05) is 5.92 Å². The first-order valence-corrected chi connectivity index (χ1v) is 13.9. The predicted molar refractivity (Wildman–Crippen MR) is 140 cm³/mol. The van der Waals surface area contributed by atoms with Crippen LogP contribution in [0.15, 0.2) is 94.2 Å². The van der Waals surface area contributed by atoms with E-state index in [2.05, 4.69) is 66.8 Å². The molecule has 0 heteroatoms. The minimum absolute atomic E-state index is 0.628. The van der Waals surface area contributed by atoms with Crippen LogP contribution in [0.3, 0.4) is 0 Å². The Morgan fingerprint density at radius 2 is 1.53 bits per heavy atom. The molecule has 168 valence electrons. The van der Waals surface area contributed by atoms with Gasteiger partial charge < -0.3 is 0 Å². The highest BCUT2D eigenvalue weighted by Gasteiger charge is 2.57. The van der Waals surface area contributed by atoms with E-state index in [0.717, 1.165) is 29.6 Å². The predicted octanol–water partition coefficient (Wildman–Crippen LogP) is 8.24. The van der Waals surface area contributed by atoms with Crippen molar-refractivity contribution in [3.05, 3.63) is 105 Å². The van der Waals surface area contributed by atoms with Crippen LogP contribution in [0.2, 0.25) is 0 Å². The highest BCUT2D eigenvalue weighted by atomic mass is 14.6. The molecule has 0 aromatic heterocycles. The molecule has 0 aliphatic heterocycles. The van der Waals surface area contributed by atoms with Crippen LogP contribution in [-0.2, 0) is 0 Å². The zero-order valence-electron chi connectivity index (χ0n) is 19.8. The summed E-state index contributed by atoms with van der Waals surface area (Å²) < 4.78 is 0. The van der Waals surface area contributed by atoms with Crippen molar-refractivity contribution in [3.8, 4) is 0 Å². The fourth-order valence-corrected chi connectivity index (χ4v) is 10.0. The average Bonchev–Trinajstić information content (AvgIpc) is 2.90. The molecule has 9 rings (SSSR count). The number of hydrogen-bond acceptors (Lipinski definition) is 0. The van der Waals surface area contributed by atoms with Crippen LogP contribution in [-0.4, -0.2) is 0 Å². The second-order valence-corrected chi connectivity index (χ2v) is 12.2. The lowest BCUT2D eigenvalue weighted by molar-refractivity contribution is 0.0349. The Labute approximate surface area is 203 Å². The molecule has 0 amide bonds. The summed E-state index contributed by atoms with van der Waals surface area (Å²) in [6.07, 6.45) is 27.2. The molecule has 7 unspecified atom stereocenters. The molecule has 0 nitrogen and oxygen atoms in total. The van der Waals surface area contributed by atoms with E-state index in [0.29, 0.717) is 11.8 Å². The van der Waals surface area contributed by atoms with Gasteiger partial charge in [0.25, 0.3) is 0 Å². The summed E-state index contributed by atoms with van der Waals surface area (Å²) in [5.74, 6) is 5.53. The number of allylic oxidation sites excluding steroid dienone is 13. The van der Waals surface area contributed by atoms with Crippen molar-refractivity contribution in [3.63, 3.8) is 0 Å². The van der Waals surface area contributed by atoms with E-state index < -0.39 is 0 Å². The maximum Gasteiger partial charge on any atom is 0.0129 e. The lowest BCUT2D eigenvalue weighted by Crippen LogP contribution is -2.52. The van der Waals surface area contributed by atoms with Gasteiger partial charge in [0.2, 0.25) is 0 Å². The highest BCUT2D eigenvalue weighted by Crippen LogP contribution is 2.67. The Balaban J connectivity index is 1.25. The largest absolute Gasteiger partial charge is 0.0839 e. The van der Waals surface area contributed by atoms with Gasteiger partial charge in [-0.2, -0.15) is 0 Å². The van der Waals surface area contributed by atoms with Crippen LogP contribution in [0.1, 0.15) is 56.1 Å². The Kier molecular flexibility index (Phi) is 3.59. The second kappa shape index (κ2) is 6.54. The van der Waals surface area contributed by atoms with Crippen LogP contribution in [0, 0.1) is 41.4 Å². The molecule has 3 fully saturated rings. The number of hydrogen-bond donors (Lipinski definition) is 0. The molecule has 0 spiro atoms. The second-order valence-electron chi connectivity index (χ2n) is 12.2. The van der Waals surface area contributed by atoms with E-state index in [9.17, 15) is 0 Å². The van der Waals surface area contributed by atoms with Gasteiger partial charge in [0.15, 0.2) is 0 Å². The third kappa shape index (κ3) is 2.22. The molecular formula is C34H32. The SMILES string of the molecule is C1=CC2=C(CC1)C1=CC=C3C4=CC=C5c6ccccc6C=C6CCC(C7CCC(C2)C1C37)C4C65. The smallest absolute Gasteiger partial charge is 0.0129 e. The number of fused-ring (bicyclic) bond motifs is 5. The average molecular weight is 441 g/mol. The van der Waals surface area contributed by atoms with Crippen LogP contribution in [0.5, 0.6) is 0 Å². The summed E-state index contributed by atoms with van der Waals surface area (Å²) in [7, 11) is 0. The minimum Gasteiger partial charge on any atom is -0.0839 e. The molecule has 8 aliphatic carbocycles. The molecule has 3 saturated carbocycles. The summed E-state index contributed by atoms with van der Waals surface area (Å²) >= 11 is 0. The molecule has 0 N–H and O–H groups in total. The van der Waals surface area contributed by atoms with Crippen molar-refractivity contribution in [2.24, 2.45) is 41.4 Å². The summed E-state index contributed by atoms with van der Waals surface area (Å²) in [6.45, 7) is 0. The monoisotopic (exact) mass is 440 g/mol. The quantitative estimate of drug-likeness (QED) is 0.381. The third-order valence-electron chi connectivity index (χ3n) is 11.1. The van der Waals surface area contributed by atoms with Crippen molar-refractivity contribution >= 4 is 11.6 Å². The molecular weight excluding hydrogens is 408 g/mol. The molecule has 34 heavy (non-hydrogen) atoms. The van der Waals surface area contributed by atoms with Gasteiger partial charge in [0.05, 0.1) is 0 Å². The summed E-state index contributed by atoms with van der Waals surface area (Å²) in [5.41, 5.74) is 14.9. The first-order valence-electron chi connectivity index (χ1n) is 13.9. The van der Waals surface area contributed by atoms with Crippen molar-refractivity contribution in [2.75, 3.05) is 0 Å². The first kappa shape index (κ1) is 18.7. The molecule has 7 atom stereocenters. The van der Waals surface area contributed by atoms with E-state index in [1.807, 2.05) is 0 Å². The first-order chi connectivity index (χ1) is 16.9.